The van der Waals surface area contributed by atoms with Gasteiger partial charge in [0.15, 0.2) is 11.3 Å². The number of hydrogen-bond donors (Lipinski definition) is 1. The van der Waals surface area contributed by atoms with Crippen molar-refractivity contribution in [3.05, 3.63) is 59.4 Å². The predicted molar refractivity (Wildman–Crippen MR) is 116 cm³/mol. The van der Waals surface area contributed by atoms with E-state index in [-0.39, 0.29) is 17.2 Å². The lowest BCUT2D eigenvalue weighted by molar-refractivity contribution is 0.0667. The zero-order chi connectivity index (χ0) is 21.6. The second-order valence-corrected chi connectivity index (χ2v) is 8.93. The molecule has 160 valence electrons. The predicted octanol–water partition coefficient (Wildman–Crippen LogP) is 3.51. The molecule has 0 bridgehead atoms. The van der Waals surface area contributed by atoms with Gasteiger partial charge in [-0.1, -0.05) is 0 Å². The van der Waals surface area contributed by atoms with Gasteiger partial charge in [0.05, 0.1) is 11.8 Å². The third kappa shape index (κ3) is 3.69. The van der Waals surface area contributed by atoms with Crippen molar-refractivity contribution in [3.63, 3.8) is 0 Å². The highest BCUT2D eigenvalue weighted by Gasteiger charge is 2.54. The first-order valence-electron chi connectivity index (χ1n) is 10.8. The molecule has 2 aliphatic rings. The molecule has 1 aliphatic heterocycles. The Morgan fingerprint density at radius 2 is 2.03 bits per heavy atom. The SMILES string of the molecule is Cc1cc(C)c(C(=O)N2CCC3(CC2)CC3CNC(=O)c2cc3ccncc3o2)cn1. The number of piperidine rings is 1. The van der Waals surface area contributed by atoms with Gasteiger partial charge < -0.3 is 14.6 Å². The molecule has 0 radical (unpaired) electrons. The summed E-state index contributed by atoms with van der Waals surface area (Å²) in [7, 11) is 0. The highest BCUT2D eigenvalue weighted by molar-refractivity contribution is 5.96. The molecule has 1 N–H and O–H groups in total. The van der Waals surface area contributed by atoms with Gasteiger partial charge in [-0.05, 0) is 68.2 Å². The van der Waals surface area contributed by atoms with E-state index in [2.05, 4.69) is 15.3 Å². The Morgan fingerprint density at radius 3 is 2.77 bits per heavy atom. The number of nitrogens with one attached hydrogen (secondary N) is 1. The molecule has 0 aromatic carbocycles. The van der Waals surface area contributed by atoms with Crippen LogP contribution in [0, 0.1) is 25.2 Å². The Hall–Kier alpha value is -3.22. The Morgan fingerprint density at radius 1 is 1.23 bits per heavy atom. The lowest BCUT2D eigenvalue weighted by Crippen LogP contribution is -2.40. The van der Waals surface area contributed by atoms with Crippen LogP contribution in [0.1, 0.15) is 51.4 Å². The van der Waals surface area contributed by atoms with Gasteiger partial charge in [0.2, 0.25) is 0 Å². The van der Waals surface area contributed by atoms with Crippen molar-refractivity contribution >= 4 is 22.8 Å². The maximum Gasteiger partial charge on any atom is 0.287 e. The fourth-order valence-electron chi connectivity index (χ4n) is 4.88. The van der Waals surface area contributed by atoms with Gasteiger partial charge in [-0.3, -0.25) is 19.6 Å². The minimum Gasteiger partial charge on any atom is -0.449 e. The van der Waals surface area contributed by atoms with E-state index < -0.39 is 0 Å². The fourth-order valence-corrected chi connectivity index (χ4v) is 4.88. The normalized spacial score (nSPS) is 19.5. The maximum absolute atomic E-state index is 12.9. The van der Waals surface area contributed by atoms with Crippen molar-refractivity contribution < 1.29 is 14.0 Å². The standard InChI is InChI=1S/C24H26N4O3/c1-15-9-16(2)26-13-19(15)23(30)28-7-4-24(5-8-28)11-18(24)12-27-22(29)20-10-17-3-6-25-14-21(17)31-20/h3,6,9-10,13-14,18H,4-5,7-8,11-12H2,1-2H3,(H,27,29). The summed E-state index contributed by atoms with van der Waals surface area (Å²) in [6.45, 7) is 6.05. The molecular formula is C24H26N4O3. The zero-order valence-corrected chi connectivity index (χ0v) is 17.9. The molecule has 3 aromatic heterocycles. The summed E-state index contributed by atoms with van der Waals surface area (Å²) in [4.78, 5) is 35.6. The van der Waals surface area contributed by atoms with Gasteiger partial charge in [-0.25, -0.2) is 0 Å². The van der Waals surface area contributed by atoms with Crippen LogP contribution in [0.4, 0.5) is 0 Å². The van der Waals surface area contributed by atoms with Crippen LogP contribution in [-0.4, -0.2) is 46.3 Å². The summed E-state index contributed by atoms with van der Waals surface area (Å²) in [5, 5.41) is 3.90. The Labute approximate surface area is 180 Å². The second-order valence-electron chi connectivity index (χ2n) is 8.93. The van der Waals surface area contributed by atoms with Gasteiger partial charge in [0.1, 0.15) is 0 Å². The number of pyridine rings is 2. The quantitative estimate of drug-likeness (QED) is 0.700. The molecule has 4 heterocycles. The Balaban J connectivity index is 1.14. The number of nitrogens with zero attached hydrogens (tertiary/aromatic N) is 3. The number of rotatable bonds is 4. The summed E-state index contributed by atoms with van der Waals surface area (Å²) in [6, 6.07) is 5.53. The zero-order valence-electron chi connectivity index (χ0n) is 17.9. The van der Waals surface area contributed by atoms with Crippen LogP contribution in [0.15, 0.2) is 41.2 Å². The van der Waals surface area contributed by atoms with Gasteiger partial charge in [0.25, 0.3) is 11.8 Å². The monoisotopic (exact) mass is 418 g/mol. The molecular weight excluding hydrogens is 392 g/mol. The highest BCUT2D eigenvalue weighted by Crippen LogP contribution is 2.59. The largest absolute Gasteiger partial charge is 0.449 e. The Bertz CT molecular complexity index is 1130. The van der Waals surface area contributed by atoms with E-state index >= 15 is 0 Å². The smallest absolute Gasteiger partial charge is 0.287 e. The molecule has 7 heteroatoms. The number of aromatic nitrogens is 2. The van der Waals surface area contributed by atoms with Gasteiger partial charge >= 0.3 is 0 Å². The second kappa shape index (κ2) is 7.48. The highest BCUT2D eigenvalue weighted by atomic mass is 16.3. The first-order chi connectivity index (χ1) is 14.9. The molecule has 1 atom stereocenters. The van der Waals surface area contributed by atoms with Crippen molar-refractivity contribution in [2.45, 2.75) is 33.1 Å². The van der Waals surface area contributed by atoms with E-state index in [4.69, 9.17) is 4.42 Å². The number of furan rings is 1. The molecule has 2 fully saturated rings. The molecule has 1 unspecified atom stereocenters. The minimum absolute atomic E-state index is 0.0738. The van der Waals surface area contributed by atoms with Crippen molar-refractivity contribution in [2.75, 3.05) is 19.6 Å². The van der Waals surface area contributed by atoms with E-state index in [0.717, 1.165) is 49.0 Å². The van der Waals surface area contributed by atoms with Gasteiger partial charge in [-0.15, -0.1) is 0 Å². The van der Waals surface area contributed by atoms with Gasteiger partial charge in [0, 0.05) is 43.1 Å². The third-order valence-electron chi connectivity index (χ3n) is 6.94. The molecule has 1 saturated carbocycles. The first kappa shape index (κ1) is 19.7. The minimum atomic E-state index is -0.187. The number of fused-ring (bicyclic) bond motifs is 1. The summed E-state index contributed by atoms with van der Waals surface area (Å²) in [6.07, 6.45) is 8.06. The average Bonchev–Trinajstić information content (AvgIpc) is 3.24. The summed E-state index contributed by atoms with van der Waals surface area (Å²) >= 11 is 0. The van der Waals surface area contributed by atoms with Crippen LogP contribution in [0.25, 0.3) is 11.0 Å². The number of carbonyl (C=O) groups excluding carboxylic acids is 2. The van der Waals surface area contributed by atoms with Crippen LogP contribution in [0.5, 0.6) is 0 Å². The average molecular weight is 418 g/mol. The van der Waals surface area contributed by atoms with E-state index in [0.29, 0.717) is 29.4 Å². The third-order valence-corrected chi connectivity index (χ3v) is 6.94. The molecule has 3 aromatic rings. The van der Waals surface area contributed by atoms with Crippen LogP contribution >= 0.6 is 0 Å². The number of likely N-dealkylation sites (tertiary alicyclic amines) is 1. The summed E-state index contributed by atoms with van der Waals surface area (Å²) in [5.74, 6) is 0.667. The molecule has 1 spiro atoms. The van der Waals surface area contributed by atoms with Crippen LogP contribution in [0.3, 0.4) is 0 Å². The number of aryl methyl sites for hydroxylation is 2. The molecule has 1 aliphatic carbocycles. The molecule has 7 nitrogen and oxygen atoms in total. The lowest BCUT2D eigenvalue weighted by Gasteiger charge is -2.33. The number of hydrogen-bond acceptors (Lipinski definition) is 5. The van der Waals surface area contributed by atoms with Crippen LogP contribution in [-0.2, 0) is 0 Å². The molecule has 31 heavy (non-hydrogen) atoms. The van der Waals surface area contributed by atoms with Crippen molar-refractivity contribution in [1.82, 2.24) is 20.2 Å². The van der Waals surface area contributed by atoms with Crippen molar-refractivity contribution in [2.24, 2.45) is 11.3 Å². The summed E-state index contributed by atoms with van der Waals surface area (Å²) in [5.41, 5.74) is 3.47. The fraction of sp³-hybridized carbons (Fsp3) is 0.417. The summed E-state index contributed by atoms with van der Waals surface area (Å²) < 4.78 is 5.60. The van der Waals surface area contributed by atoms with Crippen LogP contribution < -0.4 is 5.32 Å². The molecule has 2 amide bonds. The lowest BCUT2D eigenvalue weighted by atomic mass is 9.90. The maximum atomic E-state index is 12.9. The number of carbonyl (C=O) groups is 2. The van der Waals surface area contributed by atoms with Crippen LogP contribution in [0.2, 0.25) is 0 Å². The van der Waals surface area contributed by atoms with Gasteiger partial charge in [-0.2, -0.15) is 0 Å². The molecule has 1 saturated heterocycles. The van der Waals surface area contributed by atoms with E-state index in [1.807, 2.05) is 30.9 Å². The molecule has 5 rings (SSSR count). The first-order valence-corrected chi connectivity index (χ1v) is 10.8. The van der Waals surface area contributed by atoms with Crippen molar-refractivity contribution in [3.8, 4) is 0 Å². The van der Waals surface area contributed by atoms with Crippen molar-refractivity contribution in [1.29, 1.82) is 0 Å². The van der Waals surface area contributed by atoms with E-state index in [1.54, 1.807) is 24.7 Å². The van der Waals surface area contributed by atoms with E-state index in [1.165, 1.54) is 0 Å². The topological polar surface area (TPSA) is 88.3 Å². The number of amides is 2. The Kier molecular flexibility index (Phi) is 4.76. The van der Waals surface area contributed by atoms with E-state index in [9.17, 15) is 9.59 Å².